The van der Waals surface area contributed by atoms with Gasteiger partial charge in [-0.1, -0.05) is 54.6 Å². The van der Waals surface area contributed by atoms with Crippen LogP contribution < -0.4 is 10.3 Å². The van der Waals surface area contributed by atoms with Crippen molar-refractivity contribution in [3.8, 4) is 0 Å². The average Bonchev–Trinajstić information content (AvgIpc) is 2.68. The number of para-hydroxylation sites is 2. The molecule has 0 aromatic heterocycles. The van der Waals surface area contributed by atoms with E-state index in [1.54, 1.807) is 6.21 Å². The van der Waals surface area contributed by atoms with Gasteiger partial charge in [-0.25, -0.2) is 5.43 Å². The van der Waals surface area contributed by atoms with E-state index in [0.29, 0.717) is 6.41 Å². The van der Waals surface area contributed by atoms with Gasteiger partial charge in [0, 0.05) is 16.9 Å². The lowest BCUT2D eigenvalue weighted by atomic mass is 10.1. The molecule has 0 fully saturated rings. The number of rotatable bonds is 8. The summed E-state index contributed by atoms with van der Waals surface area (Å²) in [6.07, 6.45) is 12.3. The van der Waals surface area contributed by atoms with Crippen LogP contribution in [0.5, 0.6) is 0 Å². The maximum absolute atomic E-state index is 10.5. The predicted molar refractivity (Wildman–Crippen MR) is 110 cm³/mol. The number of amides is 1. The van der Waals surface area contributed by atoms with Gasteiger partial charge in [0.1, 0.15) is 0 Å². The quantitative estimate of drug-likeness (QED) is 0.319. The van der Waals surface area contributed by atoms with Gasteiger partial charge in [0.05, 0.1) is 11.9 Å². The number of allylic oxidation sites excluding steroid dienone is 5. The third kappa shape index (κ3) is 5.05. The molecule has 0 atom stereocenters. The molecule has 1 amide bonds. The Morgan fingerprint density at radius 2 is 1.73 bits per heavy atom. The zero-order chi connectivity index (χ0) is 18.6. The molecular formula is C22H23N3O. The second kappa shape index (κ2) is 10.5. The summed E-state index contributed by atoms with van der Waals surface area (Å²) >= 11 is 0. The van der Waals surface area contributed by atoms with Crippen LogP contribution in [0.25, 0.3) is 0 Å². The number of anilines is 2. The van der Waals surface area contributed by atoms with Crippen molar-refractivity contribution in [1.82, 2.24) is 5.43 Å². The van der Waals surface area contributed by atoms with Crippen LogP contribution in [-0.2, 0) is 4.79 Å². The summed E-state index contributed by atoms with van der Waals surface area (Å²) in [5.41, 5.74) is 6.22. The smallest absolute Gasteiger partial charge is 0.227 e. The SMILES string of the molecule is C\C=C/C=C(\C=C/C)N(c1ccccc1)c1ccccc1/C=N/NC=O. The van der Waals surface area contributed by atoms with Gasteiger partial charge in [0.25, 0.3) is 0 Å². The lowest BCUT2D eigenvalue weighted by molar-refractivity contribution is -0.109. The Balaban J connectivity index is 2.64. The van der Waals surface area contributed by atoms with E-state index in [4.69, 9.17) is 0 Å². The zero-order valence-corrected chi connectivity index (χ0v) is 15.0. The van der Waals surface area contributed by atoms with Crippen LogP contribution in [0.4, 0.5) is 11.4 Å². The van der Waals surface area contributed by atoms with E-state index in [-0.39, 0.29) is 0 Å². The minimum Gasteiger partial charge on any atom is -0.310 e. The fraction of sp³-hybridized carbons (Fsp3) is 0.0909. The average molecular weight is 345 g/mol. The molecule has 132 valence electrons. The molecule has 0 bridgehead atoms. The van der Waals surface area contributed by atoms with Gasteiger partial charge >= 0.3 is 0 Å². The summed E-state index contributed by atoms with van der Waals surface area (Å²) in [4.78, 5) is 12.6. The zero-order valence-electron chi connectivity index (χ0n) is 15.0. The summed E-state index contributed by atoms with van der Waals surface area (Å²) in [6.45, 7) is 3.98. The second-order valence-electron chi connectivity index (χ2n) is 5.35. The Morgan fingerprint density at radius 3 is 2.42 bits per heavy atom. The predicted octanol–water partition coefficient (Wildman–Crippen LogP) is 4.94. The third-order valence-electron chi connectivity index (χ3n) is 3.58. The lowest BCUT2D eigenvalue weighted by Gasteiger charge is -2.27. The van der Waals surface area contributed by atoms with Crippen LogP contribution in [0, 0.1) is 0 Å². The Labute approximate surface area is 154 Å². The third-order valence-corrected chi connectivity index (χ3v) is 3.58. The number of hydrogen-bond donors (Lipinski definition) is 1. The summed E-state index contributed by atoms with van der Waals surface area (Å²) in [7, 11) is 0. The number of carbonyl (C=O) groups is 1. The number of benzene rings is 2. The first-order valence-corrected chi connectivity index (χ1v) is 8.44. The van der Waals surface area contributed by atoms with Gasteiger partial charge in [-0.2, -0.15) is 5.10 Å². The highest BCUT2D eigenvalue weighted by Crippen LogP contribution is 2.32. The summed E-state index contributed by atoms with van der Waals surface area (Å²) < 4.78 is 0. The summed E-state index contributed by atoms with van der Waals surface area (Å²) in [5.74, 6) is 0. The van der Waals surface area contributed by atoms with Crippen LogP contribution in [0.2, 0.25) is 0 Å². The number of hydrogen-bond acceptors (Lipinski definition) is 3. The Kier molecular flexibility index (Phi) is 7.62. The van der Waals surface area contributed by atoms with Gasteiger partial charge in [-0.05, 0) is 44.2 Å². The van der Waals surface area contributed by atoms with Crippen molar-refractivity contribution in [3.05, 3.63) is 96.2 Å². The van der Waals surface area contributed by atoms with Gasteiger partial charge in [-0.15, -0.1) is 0 Å². The largest absolute Gasteiger partial charge is 0.310 e. The maximum Gasteiger partial charge on any atom is 0.227 e. The first kappa shape index (κ1) is 18.9. The molecule has 0 spiro atoms. The van der Waals surface area contributed by atoms with Crippen molar-refractivity contribution in [2.75, 3.05) is 4.90 Å². The molecule has 0 saturated heterocycles. The fourth-order valence-corrected chi connectivity index (χ4v) is 2.51. The van der Waals surface area contributed by atoms with Gasteiger partial charge in [0.2, 0.25) is 6.41 Å². The monoisotopic (exact) mass is 345 g/mol. The molecule has 26 heavy (non-hydrogen) atoms. The molecule has 0 aliphatic carbocycles. The van der Waals surface area contributed by atoms with Gasteiger partial charge in [-0.3, -0.25) is 4.79 Å². The van der Waals surface area contributed by atoms with Gasteiger partial charge in [0.15, 0.2) is 0 Å². The van der Waals surface area contributed by atoms with Crippen molar-refractivity contribution < 1.29 is 4.79 Å². The fourth-order valence-electron chi connectivity index (χ4n) is 2.51. The van der Waals surface area contributed by atoms with Crippen LogP contribution >= 0.6 is 0 Å². The maximum atomic E-state index is 10.5. The molecule has 0 radical (unpaired) electrons. The highest BCUT2D eigenvalue weighted by Gasteiger charge is 2.15. The minimum absolute atomic E-state index is 0.547. The van der Waals surface area contributed by atoms with E-state index in [1.165, 1.54) is 0 Å². The second-order valence-corrected chi connectivity index (χ2v) is 5.35. The molecule has 4 nitrogen and oxygen atoms in total. The van der Waals surface area contributed by atoms with E-state index >= 15 is 0 Å². The summed E-state index contributed by atoms with van der Waals surface area (Å²) in [5, 5.41) is 3.94. The topological polar surface area (TPSA) is 44.7 Å². The molecular weight excluding hydrogens is 322 g/mol. The van der Waals surface area contributed by atoms with Crippen molar-refractivity contribution >= 4 is 24.0 Å². The molecule has 0 saturated carbocycles. The molecule has 0 aliphatic heterocycles. The van der Waals surface area contributed by atoms with E-state index in [9.17, 15) is 4.79 Å². The van der Waals surface area contributed by atoms with Gasteiger partial charge < -0.3 is 4.90 Å². The van der Waals surface area contributed by atoms with Crippen molar-refractivity contribution in [1.29, 1.82) is 0 Å². The minimum atomic E-state index is 0.547. The number of carbonyl (C=O) groups excluding carboxylic acids is 1. The molecule has 2 rings (SSSR count). The van der Waals surface area contributed by atoms with Crippen molar-refractivity contribution in [3.63, 3.8) is 0 Å². The number of hydrazone groups is 1. The molecule has 0 unspecified atom stereocenters. The normalized spacial score (nSPS) is 12.2. The number of nitrogens with zero attached hydrogens (tertiary/aromatic N) is 2. The molecule has 1 N–H and O–H groups in total. The highest BCUT2D eigenvalue weighted by atomic mass is 16.1. The van der Waals surface area contributed by atoms with Crippen LogP contribution in [0.3, 0.4) is 0 Å². The first-order chi connectivity index (χ1) is 12.8. The van der Waals surface area contributed by atoms with Crippen LogP contribution in [0.15, 0.2) is 95.8 Å². The van der Waals surface area contributed by atoms with E-state index in [2.05, 4.69) is 39.7 Å². The Morgan fingerprint density at radius 1 is 1.00 bits per heavy atom. The van der Waals surface area contributed by atoms with E-state index in [0.717, 1.165) is 22.6 Å². The number of nitrogens with one attached hydrogen (secondary N) is 1. The summed E-state index contributed by atoms with van der Waals surface area (Å²) in [6, 6.07) is 18.1. The lowest BCUT2D eigenvalue weighted by Crippen LogP contribution is -2.17. The Hall–Kier alpha value is -3.40. The molecule has 2 aromatic rings. The standard InChI is InChI=1S/C22H23N3O/c1-3-5-13-20(11-4-2)25(21-14-7-6-8-15-21)22-16-10-9-12-19(22)17-23-24-18-26/h3-18H,1-2H3,(H,24,26)/b5-3-,11-4-,20-13+,23-17+. The van der Waals surface area contributed by atoms with Crippen molar-refractivity contribution in [2.45, 2.75) is 13.8 Å². The highest BCUT2D eigenvalue weighted by molar-refractivity contribution is 5.91. The van der Waals surface area contributed by atoms with Crippen LogP contribution in [0.1, 0.15) is 19.4 Å². The molecule has 2 aromatic carbocycles. The molecule has 0 aliphatic rings. The van der Waals surface area contributed by atoms with Crippen molar-refractivity contribution in [2.24, 2.45) is 5.10 Å². The Bertz CT molecular complexity index is 820. The molecule has 4 heteroatoms. The van der Waals surface area contributed by atoms with E-state index in [1.807, 2.05) is 74.5 Å². The molecule has 0 heterocycles. The van der Waals surface area contributed by atoms with Crippen LogP contribution in [-0.4, -0.2) is 12.6 Å². The van der Waals surface area contributed by atoms with E-state index < -0.39 is 0 Å². The first-order valence-electron chi connectivity index (χ1n) is 8.44.